The van der Waals surface area contributed by atoms with E-state index in [4.69, 9.17) is 9.47 Å². The van der Waals surface area contributed by atoms with Gasteiger partial charge in [0.15, 0.2) is 11.5 Å². The molecule has 190 valence electrons. The molecule has 11 heteroatoms. The molecular formula is C26H23BrN4O6. The Morgan fingerprint density at radius 2 is 1.46 bits per heavy atom. The van der Waals surface area contributed by atoms with Crippen molar-refractivity contribution in [2.45, 2.75) is 13.8 Å². The van der Waals surface area contributed by atoms with E-state index in [2.05, 4.69) is 37.1 Å². The summed E-state index contributed by atoms with van der Waals surface area (Å²) in [4.78, 5) is 48.0. The molecule has 3 aromatic rings. The summed E-state index contributed by atoms with van der Waals surface area (Å²) >= 11 is 3.32. The minimum absolute atomic E-state index is 0.202. The number of benzene rings is 3. The molecule has 0 heterocycles. The molecule has 0 saturated heterocycles. The van der Waals surface area contributed by atoms with Crippen LogP contribution in [0.25, 0.3) is 0 Å². The highest BCUT2D eigenvalue weighted by Gasteiger charge is 2.17. The van der Waals surface area contributed by atoms with Crippen molar-refractivity contribution >= 4 is 56.7 Å². The fourth-order valence-corrected chi connectivity index (χ4v) is 3.48. The number of amides is 3. The van der Waals surface area contributed by atoms with Crippen LogP contribution in [-0.4, -0.2) is 36.5 Å². The molecule has 0 saturated carbocycles. The van der Waals surface area contributed by atoms with Gasteiger partial charge >= 0.3 is 17.8 Å². The van der Waals surface area contributed by atoms with E-state index in [0.29, 0.717) is 32.7 Å². The largest absolute Gasteiger partial charge is 0.493 e. The third-order valence-corrected chi connectivity index (χ3v) is 5.56. The Labute approximate surface area is 221 Å². The SMILES string of the molecule is COc1cc(/C(C)=N/NC(=O)C(=O)Nc2ccc(NC(C)=O)cc2)ccc1OC(=O)c1ccccc1Br. The predicted octanol–water partition coefficient (Wildman–Crippen LogP) is 4.11. The van der Waals surface area contributed by atoms with Crippen LogP contribution in [0.2, 0.25) is 0 Å². The molecule has 0 unspecified atom stereocenters. The number of hydrogen-bond donors (Lipinski definition) is 3. The number of anilines is 2. The van der Waals surface area contributed by atoms with Crippen molar-refractivity contribution in [3.8, 4) is 11.5 Å². The van der Waals surface area contributed by atoms with Gasteiger partial charge in [0.05, 0.1) is 18.4 Å². The number of methoxy groups -OCH3 is 1. The van der Waals surface area contributed by atoms with Gasteiger partial charge in [-0.25, -0.2) is 10.2 Å². The monoisotopic (exact) mass is 566 g/mol. The molecule has 0 fully saturated rings. The molecular weight excluding hydrogens is 544 g/mol. The summed E-state index contributed by atoms with van der Waals surface area (Å²) in [6, 6.07) is 17.9. The van der Waals surface area contributed by atoms with Crippen LogP contribution in [-0.2, 0) is 14.4 Å². The minimum atomic E-state index is -0.976. The van der Waals surface area contributed by atoms with Crippen LogP contribution in [0.5, 0.6) is 11.5 Å². The number of carbonyl (C=O) groups excluding carboxylic acids is 4. The number of nitrogens with one attached hydrogen (secondary N) is 3. The molecule has 0 radical (unpaired) electrons. The lowest BCUT2D eigenvalue weighted by molar-refractivity contribution is -0.136. The second kappa shape index (κ2) is 12.5. The number of hydrogen-bond acceptors (Lipinski definition) is 7. The van der Waals surface area contributed by atoms with Crippen LogP contribution in [0.3, 0.4) is 0 Å². The standard InChI is InChI=1S/C26H23BrN4O6/c1-15(30-31-25(34)24(33)29-19-11-9-18(10-12-19)28-16(2)32)17-8-13-22(23(14-17)36-3)37-26(35)20-6-4-5-7-21(20)27/h4-14H,1-3H3,(H,28,32)(H,29,33)(H,31,34)/b30-15+. The molecule has 3 rings (SSSR count). The van der Waals surface area contributed by atoms with Crippen molar-refractivity contribution in [3.63, 3.8) is 0 Å². The van der Waals surface area contributed by atoms with E-state index in [0.717, 1.165) is 0 Å². The van der Waals surface area contributed by atoms with Crippen molar-refractivity contribution in [1.29, 1.82) is 0 Å². The van der Waals surface area contributed by atoms with Crippen molar-refractivity contribution < 1.29 is 28.7 Å². The van der Waals surface area contributed by atoms with Crippen molar-refractivity contribution in [1.82, 2.24) is 5.43 Å². The highest BCUT2D eigenvalue weighted by Crippen LogP contribution is 2.30. The van der Waals surface area contributed by atoms with Crippen LogP contribution in [0, 0.1) is 0 Å². The Balaban J connectivity index is 1.63. The highest BCUT2D eigenvalue weighted by molar-refractivity contribution is 9.10. The quantitative estimate of drug-likeness (QED) is 0.129. The van der Waals surface area contributed by atoms with Gasteiger partial charge in [-0.1, -0.05) is 12.1 Å². The van der Waals surface area contributed by atoms with E-state index < -0.39 is 17.8 Å². The number of hydrazone groups is 1. The number of halogens is 1. The number of ether oxygens (including phenoxy) is 2. The molecule has 0 aliphatic rings. The Morgan fingerprint density at radius 1 is 0.811 bits per heavy atom. The zero-order valence-electron chi connectivity index (χ0n) is 20.1. The van der Waals surface area contributed by atoms with E-state index >= 15 is 0 Å². The normalized spacial score (nSPS) is 10.8. The Bertz CT molecular complexity index is 1370. The van der Waals surface area contributed by atoms with Gasteiger partial charge < -0.3 is 20.1 Å². The molecule has 3 N–H and O–H groups in total. The molecule has 0 aromatic heterocycles. The molecule has 0 aliphatic heterocycles. The Kier molecular flexibility index (Phi) is 9.11. The first-order valence-electron chi connectivity index (χ1n) is 10.9. The minimum Gasteiger partial charge on any atom is -0.493 e. The van der Waals surface area contributed by atoms with Crippen molar-refractivity contribution in [2.75, 3.05) is 17.7 Å². The van der Waals surface area contributed by atoms with Gasteiger partial charge in [-0.15, -0.1) is 0 Å². The van der Waals surface area contributed by atoms with Gasteiger partial charge in [0.1, 0.15) is 0 Å². The Morgan fingerprint density at radius 3 is 2.08 bits per heavy atom. The lowest BCUT2D eigenvalue weighted by Crippen LogP contribution is -2.32. The summed E-state index contributed by atoms with van der Waals surface area (Å²) in [6.07, 6.45) is 0. The van der Waals surface area contributed by atoms with E-state index in [1.165, 1.54) is 14.0 Å². The average Bonchev–Trinajstić information content (AvgIpc) is 2.88. The van der Waals surface area contributed by atoms with E-state index in [9.17, 15) is 19.2 Å². The lowest BCUT2D eigenvalue weighted by atomic mass is 10.1. The van der Waals surface area contributed by atoms with Gasteiger partial charge in [0.25, 0.3) is 0 Å². The maximum atomic E-state index is 12.5. The van der Waals surface area contributed by atoms with Gasteiger partial charge in [0.2, 0.25) is 5.91 Å². The summed E-state index contributed by atoms with van der Waals surface area (Å²) in [5.41, 5.74) is 4.42. The smallest absolute Gasteiger partial charge is 0.344 e. The average molecular weight is 567 g/mol. The van der Waals surface area contributed by atoms with Gasteiger partial charge in [0, 0.05) is 28.3 Å². The molecule has 0 spiro atoms. The molecule has 0 atom stereocenters. The first-order chi connectivity index (χ1) is 17.7. The highest BCUT2D eigenvalue weighted by atomic mass is 79.9. The second-order valence-corrected chi connectivity index (χ2v) is 8.44. The zero-order chi connectivity index (χ0) is 26.9. The van der Waals surface area contributed by atoms with E-state index in [1.807, 2.05) is 0 Å². The summed E-state index contributed by atoms with van der Waals surface area (Å²) in [5, 5.41) is 9.01. The second-order valence-electron chi connectivity index (χ2n) is 7.59. The van der Waals surface area contributed by atoms with Crippen LogP contribution in [0.15, 0.2) is 76.3 Å². The number of carbonyl (C=O) groups is 4. The fourth-order valence-electron chi connectivity index (χ4n) is 3.04. The summed E-state index contributed by atoms with van der Waals surface area (Å²) in [7, 11) is 1.43. The van der Waals surface area contributed by atoms with Crippen LogP contribution in [0.4, 0.5) is 11.4 Å². The summed E-state index contributed by atoms with van der Waals surface area (Å²) in [6.45, 7) is 3.01. The third kappa shape index (κ3) is 7.48. The van der Waals surface area contributed by atoms with Crippen LogP contribution < -0.4 is 25.5 Å². The van der Waals surface area contributed by atoms with Gasteiger partial charge in [-0.3, -0.25) is 14.4 Å². The molecule has 10 nitrogen and oxygen atoms in total. The Hall–Kier alpha value is -4.51. The predicted molar refractivity (Wildman–Crippen MR) is 142 cm³/mol. The summed E-state index contributed by atoms with van der Waals surface area (Å²) < 4.78 is 11.4. The summed E-state index contributed by atoms with van der Waals surface area (Å²) in [5.74, 6) is -2.20. The maximum Gasteiger partial charge on any atom is 0.344 e. The third-order valence-electron chi connectivity index (χ3n) is 4.87. The first-order valence-corrected chi connectivity index (χ1v) is 11.7. The number of esters is 1. The lowest BCUT2D eigenvalue weighted by Gasteiger charge is -2.12. The van der Waals surface area contributed by atoms with Crippen molar-refractivity contribution in [3.05, 3.63) is 82.3 Å². The van der Waals surface area contributed by atoms with Crippen LogP contribution in [0.1, 0.15) is 29.8 Å². The fraction of sp³-hybridized carbons (Fsp3) is 0.115. The van der Waals surface area contributed by atoms with Crippen LogP contribution >= 0.6 is 15.9 Å². The molecule has 37 heavy (non-hydrogen) atoms. The number of nitrogens with zero attached hydrogens (tertiary/aromatic N) is 1. The topological polar surface area (TPSA) is 135 Å². The van der Waals surface area contributed by atoms with Gasteiger partial charge in [-0.05, 0) is 77.5 Å². The maximum absolute atomic E-state index is 12.5. The molecule has 0 bridgehead atoms. The molecule has 0 aliphatic carbocycles. The number of rotatable bonds is 7. The van der Waals surface area contributed by atoms with Crippen molar-refractivity contribution in [2.24, 2.45) is 5.10 Å². The molecule has 3 amide bonds. The first kappa shape index (κ1) is 27.1. The van der Waals surface area contributed by atoms with E-state index in [-0.39, 0.29) is 17.4 Å². The zero-order valence-corrected chi connectivity index (χ0v) is 21.7. The van der Waals surface area contributed by atoms with E-state index in [1.54, 1.807) is 73.7 Å². The van der Waals surface area contributed by atoms with Gasteiger partial charge in [-0.2, -0.15) is 5.10 Å². The molecule has 3 aromatic carbocycles.